The summed E-state index contributed by atoms with van der Waals surface area (Å²) in [6.07, 6.45) is 2.22. The van der Waals surface area contributed by atoms with E-state index in [1.807, 2.05) is 11.0 Å². The predicted octanol–water partition coefficient (Wildman–Crippen LogP) is 1.85. The zero-order chi connectivity index (χ0) is 15.2. The number of nitrogens with two attached hydrogens (primary N) is 1. The number of benzene rings is 1. The lowest BCUT2D eigenvalue weighted by Crippen LogP contribution is -2.54. The lowest BCUT2D eigenvalue weighted by molar-refractivity contribution is -0.135. The summed E-state index contributed by atoms with van der Waals surface area (Å²) in [4.78, 5) is 16.5. The highest BCUT2D eigenvalue weighted by atomic mass is 16.2. The zero-order valence-electron chi connectivity index (χ0n) is 13.2. The molecule has 1 amide bonds. The lowest BCUT2D eigenvalue weighted by Gasteiger charge is -2.41. The molecule has 1 aliphatic rings. The van der Waals surface area contributed by atoms with Gasteiger partial charge in [-0.3, -0.25) is 9.69 Å². The molecule has 1 fully saturated rings. The number of rotatable bonds is 5. The van der Waals surface area contributed by atoms with Crippen molar-refractivity contribution < 1.29 is 4.79 Å². The Morgan fingerprint density at radius 1 is 1.38 bits per heavy atom. The first kappa shape index (κ1) is 16.0. The van der Waals surface area contributed by atoms with E-state index in [1.54, 1.807) is 0 Å². The molecule has 0 saturated carbocycles. The van der Waals surface area contributed by atoms with Gasteiger partial charge in [0.1, 0.15) is 0 Å². The van der Waals surface area contributed by atoms with Gasteiger partial charge in [0.25, 0.3) is 0 Å². The third-order valence-electron chi connectivity index (χ3n) is 4.14. The van der Waals surface area contributed by atoms with Crippen LogP contribution in [0.1, 0.15) is 32.3 Å². The molecule has 0 bridgehead atoms. The van der Waals surface area contributed by atoms with E-state index in [1.165, 1.54) is 5.56 Å². The highest BCUT2D eigenvalue weighted by Crippen LogP contribution is 2.20. The van der Waals surface area contributed by atoms with E-state index in [-0.39, 0.29) is 18.5 Å². The number of carbonyl (C=O) groups excluding carboxylic acids is 1. The Morgan fingerprint density at radius 3 is 2.71 bits per heavy atom. The second-order valence-electron chi connectivity index (χ2n) is 6.12. The SMILES string of the molecule is CC(C)N(C(=O)CN)[C@H]1CCCN(Cc2ccccc2)C1. The van der Waals surface area contributed by atoms with Gasteiger partial charge in [-0.05, 0) is 38.8 Å². The number of likely N-dealkylation sites (tertiary alicyclic amines) is 1. The molecular formula is C17H27N3O. The maximum absolute atomic E-state index is 12.1. The Kier molecular flexibility index (Phi) is 5.76. The molecule has 1 saturated heterocycles. The van der Waals surface area contributed by atoms with Crippen LogP contribution in [0.3, 0.4) is 0 Å². The second kappa shape index (κ2) is 7.57. The quantitative estimate of drug-likeness (QED) is 0.900. The summed E-state index contributed by atoms with van der Waals surface area (Å²) in [5, 5.41) is 0. The van der Waals surface area contributed by atoms with Gasteiger partial charge in [-0.15, -0.1) is 0 Å². The highest BCUT2D eigenvalue weighted by molar-refractivity contribution is 5.78. The first-order chi connectivity index (χ1) is 10.1. The van der Waals surface area contributed by atoms with Gasteiger partial charge in [-0.25, -0.2) is 0 Å². The van der Waals surface area contributed by atoms with Gasteiger partial charge in [0, 0.05) is 25.2 Å². The topological polar surface area (TPSA) is 49.6 Å². The summed E-state index contributed by atoms with van der Waals surface area (Å²) in [6.45, 7) is 7.26. The minimum Gasteiger partial charge on any atom is -0.335 e. The molecule has 1 heterocycles. The van der Waals surface area contributed by atoms with Crippen molar-refractivity contribution in [3.8, 4) is 0 Å². The number of amides is 1. The summed E-state index contributed by atoms with van der Waals surface area (Å²) in [6, 6.07) is 11.0. The fourth-order valence-corrected chi connectivity index (χ4v) is 3.26. The lowest BCUT2D eigenvalue weighted by atomic mass is 10.0. The molecule has 4 nitrogen and oxygen atoms in total. The van der Waals surface area contributed by atoms with Crippen LogP contribution in [0.25, 0.3) is 0 Å². The smallest absolute Gasteiger partial charge is 0.236 e. The van der Waals surface area contributed by atoms with Gasteiger partial charge < -0.3 is 10.6 Å². The summed E-state index contributed by atoms with van der Waals surface area (Å²) >= 11 is 0. The van der Waals surface area contributed by atoms with Gasteiger partial charge in [-0.2, -0.15) is 0 Å². The van der Waals surface area contributed by atoms with Crippen molar-refractivity contribution in [2.45, 2.75) is 45.3 Å². The molecule has 0 aromatic heterocycles. The molecule has 116 valence electrons. The van der Waals surface area contributed by atoms with Crippen molar-refractivity contribution in [1.82, 2.24) is 9.80 Å². The molecule has 1 aliphatic heterocycles. The third-order valence-corrected chi connectivity index (χ3v) is 4.14. The van der Waals surface area contributed by atoms with Crippen molar-refractivity contribution in [2.75, 3.05) is 19.6 Å². The van der Waals surface area contributed by atoms with Gasteiger partial charge in [-0.1, -0.05) is 30.3 Å². The Labute approximate surface area is 127 Å². The molecule has 0 unspecified atom stereocenters. The molecule has 21 heavy (non-hydrogen) atoms. The molecule has 1 aromatic carbocycles. The van der Waals surface area contributed by atoms with Crippen LogP contribution in [0.4, 0.5) is 0 Å². The standard InChI is InChI=1S/C17H27N3O/c1-14(2)20(17(21)11-18)16-9-6-10-19(13-16)12-15-7-4-3-5-8-15/h3-5,7-8,14,16H,6,9-13,18H2,1-2H3/t16-/m0/s1. The fourth-order valence-electron chi connectivity index (χ4n) is 3.26. The zero-order valence-corrected chi connectivity index (χ0v) is 13.2. The maximum Gasteiger partial charge on any atom is 0.236 e. The largest absolute Gasteiger partial charge is 0.335 e. The molecule has 4 heteroatoms. The average molecular weight is 289 g/mol. The molecule has 1 atom stereocenters. The maximum atomic E-state index is 12.1. The van der Waals surface area contributed by atoms with Crippen LogP contribution >= 0.6 is 0 Å². The van der Waals surface area contributed by atoms with Crippen LogP contribution < -0.4 is 5.73 Å². The number of hydrogen-bond acceptors (Lipinski definition) is 3. The Morgan fingerprint density at radius 2 is 2.10 bits per heavy atom. The van der Waals surface area contributed by atoms with Crippen LogP contribution in [-0.4, -0.2) is 47.4 Å². The third kappa shape index (κ3) is 4.29. The van der Waals surface area contributed by atoms with Crippen molar-refractivity contribution in [1.29, 1.82) is 0 Å². The molecule has 1 aromatic rings. The van der Waals surface area contributed by atoms with Crippen molar-refractivity contribution in [3.63, 3.8) is 0 Å². The summed E-state index contributed by atoms with van der Waals surface area (Å²) in [7, 11) is 0. The Balaban J connectivity index is 2.00. The minimum absolute atomic E-state index is 0.0663. The molecule has 0 aliphatic carbocycles. The first-order valence-corrected chi connectivity index (χ1v) is 7.89. The van der Waals surface area contributed by atoms with E-state index < -0.39 is 0 Å². The van der Waals surface area contributed by atoms with E-state index in [4.69, 9.17) is 5.73 Å². The average Bonchev–Trinajstić information content (AvgIpc) is 2.48. The number of hydrogen-bond donors (Lipinski definition) is 1. The molecule has 0 radical (unpaired) electrons. The van der Waals surface area contributed by atoms with E-state index in [2.05, 4.69) is 43.0 Å². The Bertz CT molecular complexity index is 447. The van der Waals surface area contributed by atoms with E-state index in [9.17, 15) is 4.79 Å². The number of piperidine rings is 1. The van der Waals surface area contributed by atoms with E-state index in [0.29, 0.717) is 6.04 Å². The van der Waals surface area contributed by atoms with E-state index >= 15 is 0 Å². The van der Waals surface area contributed by atoms with Crippen LogP contribution in [-0.2, 0) is 11.3 Å². The normalized spacial score (nSPS) is 19.7. The molecule has 0 spiro atoms. The second-order valence-corrected chi connectivity index (χ2v) is 6.12. The van der Waals surface area contributed by atoms with Crippen molar-refractivity contribution >= 4 is 5.91 Å². The molecule has 2 N–H and O–H groups in total. The monoisotopic (exact) mass is 289 g/mol. The van der Waals surface area contributed by atoms with Crippen molar-refractivity contribution in [2.24, 2.45) is 5.73 Å². The fraction of sp³-hybridized carbons (Fsp3) is 0.588. The molecule has 2 rings (SSSR count). The highest BCUT2D eigenvalue weighted by Gasteiger charge is 2.29. The van der Waals surface area contributed by atoms with E-state index in [0.717, 1.165) is 32.5 Å². The van der Waals surface area contributed by atoms with Crippen LogP contribution in [0.15, 0.2) is 30.3 Å². The van der Waals surface area contributed by atoms with Crippen LogP contribution in [0, 0.1) is 0 Å². The number of carbonyl (C=O) groups is 1. The molecular weight excluding hydrogens is 262 g/mol. The van der Waals surface area contributed by atoms with Crippen molar-refractivity contribution in [3.05, 3.63) is 35.9 Å². The Hall–Kier alpha value is -1.39. The van der Waals surface area contributed by atoms with Crippen LogP contribution in [0.2, 0.25) is 0 Å². The van der Waals surface area contributed by atoms with Gasteiger partial charge in [0.15, 0.2) is 0 Å². The van der Waals surface area contributed by atoms with Gasteiger partial charge >= 0.3 is 0 Å². The summed E-state index contributed by atoms with van der Waals surface area (Å²) in [5.41, 5.74) is 6.90. The van der Waals surface area contributed by atoms with Gasteiger partial charge in [0.2, 0.25) is 5.91 Å². The minimum atomic E-state index is 0.0663. The predicted molar refractivity (Wildman–Crippen MR) is 85.8 cm³/mol. The first-order valence-electron chi connectivity index (χ1n) is 7.89. The number of nitrogens with zero attached hydrogens (tertiary/aromatic N) is 2. The van der Waals surface area contributed by atoms with Crippen LogP contribution in [0.5, 0.6) is 0 Å². The van der Waals surface area contributed by atoms with Gasteiger partial charge in [0.05, 0.1) is 6.54 Å². The summed E-state index contributed by atoms with van der Waals surface area (Å²) < 4.78 is 0. The summed E-state index contributed by atoms with van der Waals surface area (Å²) in [5.74, 6) is 0.0663.